The number of hydrogen-bond donors (Lipinski definition) is 1. The molecule has 0 aliphatic carbocycles. The molecule has 0 aromatic rings. The third kappa shape index (κ3) is 6.25. The van der Waals surface area contributed by atoms with Crippen LogP contribution in [0.25, 0.3) is 0 Å². The van der Waals surface area contributed by atoms with Gasteiger partial charge in [0.15, 0.2) is 12.2 Å². The highest BCUT2D eigenvalue weighted by atomic mass is 79.9. The van der Waals surface area contributed by atoms with Crippen LogP contribution in [0, 0.1) is 0 Å². The van der Waals surface area contributed by atoms with Gasteiger partial charge in [0.1, 0.15) is 12.7 Å². The van der Waals surface area contributed by atoms with Gasteiger partial charge < -0.3 is 28.8 Å². The highest BCUT2D eigenvalue weighted by Gasteiger charge is 2.58. The van der Waals surface area contributed by atoms with Crippen molar-refractivity contribution in [3.05, 3.63) is 0 Å². The van der Waals surface area contributed by atoms with E-state index in [1.165, 1.54) is 0 Å². The van der Waals surface area contributed by atoms with E-state index in [1.807, 2.05) is 0 Å². The molecule has 5 atom stereocenters. The minimum atomic E-state index is -2.28. The summed E-state index contributed by atoms with van der Waals surface area (Å²) in [5, 5.41) is 10.4. The van der Waals surface area contributed by atoms with Gasteiger partial charge in [-0.1, -0.05) is 0 Å². The highest BCUT2D eigenvalue weighted by molar-refractivity contribution is 9.10. The molecule has 1 rings (SSSR count). The first-order valence-electron chi connectivity index (χ1n) is 7.18. The Hall–Kier alpha value is -1.72. The number of carbonyl (C=O) groups excluding carboxylic acids is 4. The summed E-state index contributed by atoms with van der Waals surface area (Å²) in [5.41, 5.74) is 0. The van der Waals surface area contributed by atoms with E-state index < -0.39 is 59.6 Å². The van der Waals surface area contributed by atoms with Crippen LogP contribution in [0.1, 0.15) is 27.7 Å². The molecule has 11 heteroatoms. The monoisotopic (exact) mass is 426 g/mol. The summed E-state index contributed by atoms with van der Waals surface area (Å²) >= 11 is 2.84. The zero-order valence-corrected chi connectivity index (χ0v) is 15.6. The number of halogens is 1. The number of hydrogen-bond acceptors (Lipinski definition) is 10. The zero-order chi connectivity index (χ0) is 19.4. The zero-order valence-electron chi connectivity index (χ0n) is 14.0. The van der Waals surface area contributed by atoms with E-state index in [4.69, 9.17) is 23.7 Å². The Morgan fingerprint density at radius 1 is 0.920 bits per heavy atom. The molecular formula is C14H19BrO10. The van der Waals surface area contributed by atoms with Gasteiger partial charge in [0.2, 0.25) is 6.10 Å². The first-order valence-corrected chi connectivity index (χ1v) is 7.97. The van der Waals surface area contributed by atoms with Crippen molar-refractivity contribution in [1.82, 2.24) is 0 Å². The smallest absolute Gasteiger partial charge is 0.303 e. The van der Waals surface area contributed by atoms with E-state index in [0.29, 0.717) is 0 Å². The molecule has 0 aromatic carbocycles. The van der Waals surface area contributed by atoms with Crippen molar-refractivity contribution in [3.8, 4) is 0 Å². The molecule has 10 nitrogen and oxygen atoms in total. The first kappa shape index (κ1) is 21.3. The van der Waals surface area contributed by atoms with Gasteiger partial charge in [-0.15, -0.1) is 0 Å². The van der Waals surface area contributed by atoms with E-state index in [9.17, 15) is 24.3 Å². The molecule has 1 saturated heterocycles. The molecule has 0 aromatic heterocycles. The Kier molecular flexibility index (Phi) is 7.32. The SMILES string of the molecule is CC(=O)OC[C@H]1O[C@@](O)(Br)[C@H](OC(C)=O)[C@@H](OC(C)=O)[C@H]1OC(C)=O. The van der Waals surface area contributed by atoms with E-state index in [1.54, 1.807) is 0 Å². The second-order valence-corrected chi connectivity index (χ2v) is 6.38. The molecule has 1 fully saturated rings. The minimum Gasteiger partial charge on any atom is -0.463 e. The number of rotatable bonds is 5. The van der Waals surface area contributed by atoms with Crippen molar-refractivity contribution in [3.63, 3.8) is 0 Å². The maximum absolute atomic E-state index is 11.4. The van der Waals surface area contributed by atoms with E-state index in [-0.39, 0.29) is 0 Å². The van der Waals surface area contributed by atoms with Crippen molar-refractivity contribution in [2.75, 3.05) is 6.61 Å². The number of esters is 4. The lowest BCUT2D eigenvalue weighted by atomic mass is 9.98. The van der Waals surface area contributed by atoms with Gasteiger partial charge in [0.25, 0.3) is 4.70 Å². The molecule has 1 aliphatic heterocycles. The fraction of sp³-hybridized carbons (Fsp3) is 0.714. The Balaban J connectivity index is 3.24. The summed E-state index contributed by atoms with van der Waals surface area (Å²) in [6, 6.07) is 0. The van der Waals surface area contributed by atoms with Crippen LogP contribution in [0.2, 0.25) is 0 Å². The molecule has 1 N–H and O–H groups in total. The van der Waals surface area contributed by atoms with Crippen LogP contribution in [-0.2, 0) is 42.9 Å². The predicted molar refractivity (Wildman–Crippen MR) is 82.0 cm³/mol. The van der Waals surface area contributed by atoms with Gasteiger partial charge in [0, 0.05) is 27.7 Å². The molecule has 0 radical (unpaired) electrons. The Labute approximate surface area is 151 Å². The summed E-state index contributed by atoms with van der Waals surface area (Å²) in [6.07, 6.45) is -5.47. The molecule has 142 valence electrons. The molecule has 0 saturated carbocycles. The van der Waals surface area contributed by atoms with Crippen molar-refractivity contribution in [2.45, 2.75) is 56.8 Å². The molecular weight excluding hydrogens is 408 g/mol. The quantitative estimate of drug-likeness (QED) is 0.357. The van der Waals surface area contributed by atoms with Gasteiger partial charge >= 0.3 is 23.9 Å². The normalized spacial score (nSPS) is 31.6. The Morgan fingerprint density at radius 3 is 1.84 bits per heavy atom. The average Bonchev–Trinajstić information content (AvgIpc) is 2.42. The van der Waals surface area contributed by atoms with Gasteiger partial charge in [-0.3, -0.25) is 19.2 Å². The molecule has 25 heavy (non-hydrogen) atoms. The van der Waals surface area contributed by atoms with Crippen molar-refractivity contribution in [2.24, 2.45) is 0 Å². The molecule has 0 spiro atoms. The van der Waals surface area contributed by atoms with Crippen molar-refractivity contribution in [1.29, 1.82) is 0 Å². The average molecular weight is 427 g/mol. The van der Waals surface area contributed by atoms with Crippen LogP contribution in [-0.4, -0.2) is 64.7 Å². The van der Waals surface area contributed by atoms with Crippen LogP contribution in [0.4, 0.5) is 0 Å². The number of ether oxygens (including phenoxy) is 5. The summed E-state index contributed by atoms with van der Waals surface area (Å²) in [7, 11) is 0. The fourth-order valence-corrected chi connectivity index (χ4v) is 2.83. The second-order valence-electron chi connectivity index (χ2n) is 5.25. The second kappa shape index (κ2) is 8.59. The molecule has 0 bridgehead atoms. The van der Waals surface area contributed by atoms with Crippen LogP contribution in [0.3, 0.4) is 0 Å². The third-order valence-corrected chi connectivity index (χ3v) is 3.64. The van der Waals surface area contributed by atoms with Crippen LogP contribution in [0.15, 0.2) is 0 Å². The minimum absolute atomic E-state index is 0.411. The predicted octanol–water partition coefficient (Wildman–Crippen LogP) is -0.216. The van der Waals surface area contributed by atoms with Crippen molar-refractivity contribution >= 4 is 39.8 Å². The van der Waals surface area contributed by atoms with Gasteiger partial charge in [-0.05, 0) is 15.9 Å². The Morgan fingerprint density at radius 2 is 1.40 bits per heavy atom. The first-order chi connectivity index (χ1) is 11.4. The maximum Gasteiger partial charge on any atom is 0.303 e. The largest absolute Gasteiger partial charge is 0.463 e. The topological polar surface area (TPSA) is 135 Å². The molecule has 1 aliphatic rings. The fourth-order valence-electron chi connectivity index (χ4n) is 2.23. The molecule has 1 heterocycles. The number of aliphatic hydroxyl groups is 1. The lowest BCUT2D eigenvalue weighted by molar-refractivity contribution is -0.309. The lowest BCUT2D eigenvalue weighted by Gasteiger charge is -2.46. The third-order valence-electron chi connectivity index (χ3n) is 3.00. The van der Waals surface area contributed by atoms with Crippen LogP contribution >= 0.6 is 15.9 Å². The maximum atomic E-state index is 11.4. The van der Waals surface area contributed by atoms with Crippen LogP contribution in [0.5, 0.6) is 0 Å². The van der Waals surface area contributed by atoms with Gasteiger partial charge in [-0.2, -0.15) is 0 Å². The summed E-state index contributed by atoms with van der Waals surface area (Å²) in [4.78, 5) is 45.2. The summed E-state index contributed by atoms with van der Waals surface area (Å²) in [6.45, 7) is 3.99. The Bertz CT molecular complexity index is 546. The summed E-state index contributed by atoms with van der Waals surface area (Å²) < 4.78 is 23.0. The molecule has 0 unspecified atom stereocenters. The van der Waals surface area contributed by atoms with Gasteiger partial charge in [0.05, 0.1) is 0 Å². The highest BCUT2D eigenvalue weighted by Crippen LogP contribution is 2.38. The van der Waals surface area contributed by atoms with Crippen molar-refractivity contribution < 1.29 is 48.0 Å². The van der Waals surface area contributed by atoms with Crippen LogP contribution < -0.4 is 0 Å². The van der Waals surface area contributed by atoms with E-state index >= 15 is 0 Å². The lowest BCUT2D eigenvalue weighted by Crippen LogP contribution is -2.66. The van der Waals surface area contributed by atoms with Gasteiger partial charge in [-0.25, -0.2) is 0 Å². The molecule has 0 amide bonds. The number of carbonyl (C=O) groups is 4. The summed E-state index contributed by atoms with van der Waals surface area (Å²) in [5.74, 6) is -2.98. The van der Waals surface area contributed by atoms with E-state index in [2.05, 4.69) is 15.9 Å². The number of alkyl halides is 1. The van der Waals surface area contributed by atoms with E-state index in [0.717, 1.165) is 27.7 Å². The standard InChI is InChI=1S/C14H19BrO10/c1-6(16)21-5-10-11(22-7(2)17)12(23-8(3)18)13(24-9(4)19)14(15,20)25-10/h10-13,20H,5H2,1-4H3/t10-,11+,12+,13-,14-/m1/s1.